The predicted molar refractivity (Wildman–Crippen MR) is 80.1 cm³/mol. The van der Waals surface area contributed by atoms with Crippen LogP contribution in [-0.2, 0) is 0 Å². The van der Waals surface area contributed by atoms with Gasteiger partial charge < -0.3 is 15.3 Å². The summed E-state index contributed by atoms with van der Waals surface area (Å²) in [6.07, 6.45) is 3.62. The zero-order valence-electron chi connectivity index (χ0n) is 12.5. The third-order valence-corrected chi connectivity index (χ3v) is 4.80. The molecular formula is C15H24N4O. The SMILES string of the molecule is CNc1ncnc(N2CC3CCC(O)C3C2)c1C(C)C. The average molecular weight is 276 g/mol. The number of aromatic nitrogens is 2. The first-order chi connectivity index (χ1) is 9.61. The number of fused-ring (bicyclic) bond motifs is 1. The lowest BCUT2D eigenvalue weighted by Crippen LogP contribution is -2.26. The molecule has 5 nitrogen and oxygen atoms in total. The van der Waals surface area contributed by atoms with Gasteiger partial charge in [0.15, 0.2) is 0 Å². The number of hydrogen-bond acceptors (Lipinski definition) is 5. The molecule has 1 aliphatic heterocycles. The van der Waals surface area contributed by atoms with Crippen molar-refractivity contribution in [2.45, 2.75) is 38.7 Å². The van der Waals surface area contributed by atoms with E-state index in [-0.39, 0.29) is 6.10 Å². The van der Waals surface area contributed by atoms with Crippen LogP contribution in [0.15, 0.2) is 6.33 Å². The highest BCUT2D eigenvalue weighted by Gasteiger charge is 2.42. The maximum absolute atomic E-state index is 10.1. The summed E-state index contributed by atoms with van der Waals surface area (Å²) in [7, 11) is 1.90. The van der Waals surface area contributed by atoms with Gasteiger partial charge in [0.05, 0.1) is 6.10 Å². The minimum atomic E-state index is -0.127. The molecule has 1 aromatic rings. The maximum atomic E-state index is 10.1. The van der Waals surface area contributed by atoms with Gasteiger partial charge in [-0.25, -0.2) is 9.97 Å². The van der Waals surface area contributed by atoms with Gasteiger partial charge in [0, 0.05) is 31.6 Å². The highest BCUT2D eigenvalue weighted by atomic mass is 16.3. The number of hydrogen-bond donors (Lipinski definition) is 2. The Morgan fingerprint density at radius 1 is 1.30 bits per heavy atom. The zero-order chi connectivity index (χ0) is 14.3. The van der Waals surface area contributed by atoms with Crippen molar-refractivity contribution in [1.82, 2.24) is 9.97 Å². The zero-order valence-corrected chi connectivity index (χ0v) is 12.5. The summed E-state index contributed by atoms with van der Waals surface area (Å²) in [6, 6.07) is 0. The van der Waals surface area contributed by atoms with Crippen LogP contribution in [-0.4, -0.2) is 41.3 Å². The Bertz CT molecular complexity index is 491. The molecule has 5 heteroatoms. The van der Waals surface area contributed by atoms with Gasteiger partial charge in [-0.1, -0.05) is 13.8 Å². The van der Waals surface area contributed by atoms with Crippen LogP contribution >= 0.6 is 0 Å². The first-order valence-corrected chi connectivity index (χ1v) is 7.57. The Kier molecular flexibility index (Phi) is 3.54. The van der Waals surface area contributed by atoms with Gasteiger partial charge in [0.2, 0.25) is 0 Å². The van der Waals surface area contributed by atoms with Crippen molar-refractivity contribution in [3.8, 4) is 0 Å². The van der Waals surface area contributed by atoms with E-state index >= 15 is 0 Å². The summed E-state index contributed by atoms with van der Waals surface area (Å²) in [5.41, 5.74) is 1.18. The van der Waals surface area contributed by atoms with Gasteiger partial charge in [-0.3, -0.25) is 0 Å². The molecule has 0 spiro atoms. The first kappa shape index (κ1) is 13.6. The van der Waals surface area contributed by atoms with Crippen molar-refractivity contribution < 1.29 is 5.11 Å². The van der Waals surface area contributed by atoms with E-state index in [1.807, 2.05) is 7.05 Å². The minimum Gasteiger partial charge on any atom is -0.393 e. The van der Waals surface area contributed by atoms with Crippen molar-refractivity contribution in [2.24, 2.45) is 11.8 Å². The Morgan fingerprint density at radius 3 is 2.75 bits per heavy atom. The van der Waals surface area contributed by atoms with Crippen molar-refractivity contribution in [3.63, 3.8) is 0 Å². The summed E-state index contributed by atoms with van der Waals surface area (Å²) >= 11 is 0. The second kappa shape index (κ2) is 5.20. The molecule has 1 aliphatic carbocycles. The normalized spacial score (nSPS) is 29.1. The lowest BCUT2D eigenvalue weighted by atomic mass is 10.00. The van der Waals surface area contributed by atoms with Crippen LogP contribution in [0.3, 0.4) is 0 Å². The quantitative estimate of drug-likeness (QED) is 0.882. The van der Waals surface area contributed by atoms with Gasteiger partial charge >= 0.3 is 0 Å². The molecule has 3 rings (SSSR count). The molecule has 1 aromatic heterocycles. The standard InChI is InChI=1S/C15H24N4O/c1-9(2)13-14(16-3)17-8-18-15(13)19-6-10-4-5-12(20)11(10)7-19/h8-12,20H,4-7H2,1-3H3,(H,16,17,18). The minimum absolute atomic E-state index is 0.127. The molecule has 1 saturated carbocycles. The summed E-state index contributed by atoms with van der Waals surface area (Å²) in [5, 5.41) is 13.2. The van der Waals surface area contributed by atoms with Gasteiger partial charge in [0.1, 0.15) is 18.0 Å². The summed E-state index contributed by atoms with van der Waals surface area (Å²) in [6.45, 7) is 6.29. The molecule has 0 radical (unpaired) electrons. The third-order valence-electron chi connectivity index (χ3n) is 4.80. The van der Waals surface area contributed by atoms with Crippen LogP contribution < -0.4 is 10.2 Å². The Morgan fingerprint density at radius 2 is 2.10 bits per heavy atom. The molecule has 2 N–H and O–H groups in total. The van der Waals surface area contributed by atoms with E-state index < -0.39 is 0 Å². The summed E-state index contributed by atoms with van der Waals surface area (Å²) in [4.78, 5) is 11.2. The fourth-order valence-electron chi connectivity index (χ4n) is 3.78. The third kappa shape index (κ3) is 2.14. The molecule has 3 unspecified atom stereocenters. The van der Waals surface area contributed by atoms with E-state index in [0.717, 1.165) is 37.6 Å². The molecule has 2 heterocycles. The predicted octanol–water partition coefficient (Wildman–Crippen LogP) is 1.85. The molecule has 20 heavy (non-hydrogen) atoms. The van der Waals surface area contributed by atoms with Gasteiger partial charge in [0.25, 0.3) is 0 Å². The lowest BCUT2D eigenvalue weighted by molar-refractivity contribution is 0.133. The number of anilines is 2. The van der Waals surface area contributed by atoms with Gasteiger partial charge in [-0.15, -0.1) is 0 Å². The lowest BCUT2D eigenvalue weighted by Gasteiger charge is -2.24. The summed E-state index contributed by atoms with van der Waals surface area (Å²) < 4.78 is 0. The van der Waals surface area contributed by atoms with Gasteiger partial charge in [-0.05, 0) is 24.7 Å². The monoisotopic (exact) mass is 276 g/mol. The van der Waals surface area contributed by atoms with E-state index in [1.165, 1.54) is 5.56 Å². The highest BCUT2D eigenvalue weighted by molar-refractivity contribution is 5.60. The number of aliphatic hydroxyl groups is 1. The molecule has 2 aliphatic rings. The fraction of sp³-hybridized carbons (Fsp3) is 0.733. The number of nitrogens with zero attached hydrogens (tertiary/aromatic N) is 3. The maximum Gasteiger partial charge on any atom is 0.137 e. The second-order valence-corrected chi connectivity index (χ2v) is 6.34. The molecular weight excluding hydrogens is 252 g/mol. The van der Waals surface area contributed by atoms with Crippen LogP contribution in [0.5, 0.6) is 0 Å². The molecule has 0 bridgehead atoms. The second-order valence-electron chi connectivity index (χ2n) is 6.34. The molecule has 3 atom stereocenters. The van der Waals surface area contributed by atoms with E-state index in [9.17, 15) is 5.11 Å². The molecule has 0 amide bonds. The van der Waals surface area contributed by atoms with Crippen LogP contribution in [0.2, 0.25) is 0 Å². The topological polar surface area (TPSA) is 61.3 Å². The number of rotatable bonds is 3. The van der Waals surface area contributed by atoms with E-state index in [1.54, 1.807) is 6.33 Å². The number of aliphatic hydroxyl groups excluding tert-OH is 1. The summed E-state index contributed by atoms with van der Waals surface area (Å²) in [5.74, 6) is 3.38. The van der Waals surface area contributed by atoms with Crippen molar-refractivity contribution in [3.05, 3.63) is 11.9 Å². The van der Waals surface area contributed by atoms with E-state index in [2.05, 4.69) is 34.0 Å². The largest absolute Gasteiger partial charge is 0.393 e. The molecule has 2 fully saturated rings. The van der Waals surface area contributed by atoms with Crippen molar-refractivity contribution in [2.75, 3.05) is 30.4 Å². The van der Waals surface area contributed by atoms with Crippen LogP contribution in [0.1, 0.15) is 38.2 Å². The Balaban J connectivity index is 1.91. The van der Waals surface area contributed by atoms with Crippen LogP contribution in [0.4, 0.5) is 11.6 Å². The van der Waals surface area contributed by atoms with Gasteiger partial charge in [-0.2, -0.15) is 0 Å². The van der Waals surface area contributed by atoms with Crippen LogP contribution in [0, 0.1) is 11.8 Å². The molecule has 1 saturated heterocycles. The Labute approximate surface area is 120 Å². The highest BCUT2D eigenvalue weighted by Crippen LogP contribution is 2.41. The average Bonchev–Trinajstić information content (AvgIpc) is 3.00. The molecule has 0 aromatic carbocycles. The smallest absolute Gasteiger partial charge is 0.137 e. The first-order valence-electron chi connectivity index (χ1n) is 7.57. The van der Waals surface area contributed by atoms with Crippen LogP contribution in [0.25, 0.3) is 0 Å². The van der Waals surface area contributed by atoms with Crippen molar-refractivity contribution >= 4 is 11.6 Å². The fourth-order valence-corrected chi connectivity index (χ4v) is 3.78. The van der Waals surface area contributed by atoms with E-state index in [0.29, 0.717) is 17.8 Å². The van der Waals surface area contributed by atoms with E-state index in [4.69, 9.17) is 0 Å². The molecule has 110 valence electrons. The van der Waals surface area contributed by atoms with Crippen molar-refractivity contribution in [1.29, 1.82) is 0 Å². The number of nitrogens with one attached hydrogen (secondary N) is 1. The Hall–Kier alpha value is -1.36.